The van der Waals surface area contributed by atoms with Gasteiger partial charge in [0.25, 0.3) is 0 Å². The molecule has 0 saturated carbocycles. The number of hydrogen-bond donors (Lipinski definition) is 0. The predicted octanol–water partition coefficient (Wildman–Crippen LogP) is 3.36. The van der Waals surface area contributed by atoms with Crippen LogP contribution in [0.3, 0.4) is 0 Å². The minimum Gasteiger partial charge on any atom is -0.454 e. The molecule has 3 heterocycles. The number of unbranched alkanes of at least 4 members (excludes halogenated alkanes) is 1. The summed E-state index contributed by atoms with van der Waals surface area (Å²) in [4.78, 5) is 14.2. The van der Waals surface area contributed by atoms with Crippen LogP contribution in [0.1, 0.15) is 50.8 Å². The lowest BCUT2D eigenvalue weighted by Crippen LogP contribution is -2.39. The Bertz CT molecular complexity index is 789. The molecule has 0 N–H and O–H groups in total. The summed E-state index contributed by atoms with van der Waals surface area (Å²) in [6.07, 6.45) is 4.51. The normalized spacial score (nSPS) is 19.0. The standard InChI is InChI=1S/C19H23N3O4/c1-2-3-6-17(23)22-9-4-5-14(11-22)19-21-20-18(26-19)13-7-8-15-16(10-13)25-12-24-15/h7-8,10,14H,2-6,9,11-12H2,1H3. The molecule has 1 aromatic heterocycles. The highest BCUT2D eigenvalue weighted by atomic mass is 16.7. The number of hydrogen-bond acceptors (Lipinski definition) is 6. The zero-order valence-corrected chi connectivity index (χ0v) is 14.9. The third kappa shape index (κ3) is 3.38. The van der Waals surface area contributed by atoms with E-state index < -0.39 is 0 Å². The maximum absolute atomic E-state index is 12.3. The number of carbonyl (C=O) groups is 1. The minimum absolute atomic E-state index is 0.101. The SMILES string of the molecule is CCCCC(=O)N1CCCC(c2nnc(-c3ccc4c(c3)OCO4)o2)C1. The molecule has 7 heteroatoms. The summed E-state index contributed by atoms with van der Waals surface area (Å²) < 4.78 is 16.6. The minimum atomic E-state index is 0.101. The number of benzene rings is 1. The molecule has 1 aromatic carbocycles. The third-order valence-electron chi connectivity index (χ3n) is 4.93. The van der Waals surface area contributed by atoms with Gasteiger partial charge in [-0.2, -0.15) is 0 Å². The summed E-state index contributed by atoms with van der Waals surface area (Å²) >= 11 is 0. The fraction of sp³-hybridized carbons (Fsp3) is 0.526. The van der Waals surface area contributed by atoms with Crippen molar-refractivity contribution in [2.24, 2.45) is 0 Å². The second-order valence-corrected chi connectivity index (χ2v) is 6.80. The molecule has 1 saturated heterocycles. The molecule has 1 atom stereocenters. The molecule has 138 valence electrons. The third-order valence-corrected chi connectivity index (χ3v) is 4.93. The van der Waals surface area contributed by atoms with Crippen LogP contribution in [0.25, 0.3) is 11.5 Å². The first-order valence-corrected chi connectivity index (χ1v) is 9.26. The van der Waals surface area contributed by atoms with Gasteiger partial charge in [-0.05, 0) is 37.5 Å². The Balaban J connectivity index is 1.46. The molecule has 26 heavy (non-hydrogen) atoms. The fourth-order valence-electron chi connectivity index (χ4n) is 3.44. The Kier molecular flexibility index (Phi) is 4.77. The molecule has 0 spiro atoms. The van der Waals surface area contributed by atoms with Crippen LogP contribution in [-0.2, 0) is 4.79 Å². The van der Waals surface area contributed by atoms with Gasteiger partial charge >= 0.3 is 0 Å². The van der Waals surface area contributed by atoms with E-state index in [9.17, 15) is 4.79 Å². The number of amides is 1. The lowest BCUT2D eigenvalue weighted by atomic mass is 9.97. The van der Waals surface area contributed by atoms with Crippen LogP contribution >= 0.6 is 0 Å². The van der Waals surface area contributed by atoms with Gasteiger partial charge in [-0.1, -0.05) is 13.3 Å². The molecule has 2 aromatic rings. The van der Waals surface area contributed by atoms with Gasteiger partial charge in [0.2, 0.25) is 24.5 Å². The van der Waals surface area contributed by atoms with Crippen molar-refractivity contribution < 1.29 is 18.7 Å². The first-order chi connectivity index (χ1) is 12.7. The highest BCUT2D eigenvalue weighted by molar-refractivity contribution is 5.76. The van der Waals surface area contributed by atoms with Gasteiger partial charge in [-0.3, -0.25) is 4.79 Å². The molecule has 2 aliphatic heterocycles. The van der Waals surface area contributed by atoms with E-state index in [0.717, 1.165) is 43.5 Å². The molecule has 1 fully saturated rings. The van der Waals surface area contributed by atoms with Gasteiger partial charge in [0.05, 0.1) is 5.92 Å². The summed E-state index contributed by atoms with van der Waals surface area (Å²) in [7, 11) is 0. The van der Waals surface area contributed by atoms with Gasteiger partial charge in [0.15, 0.2) is 11.5 Å². The van der Waals surface area contributed by atoms with Crippen LogP contribution in [-0.4, -0.2) is 40.9 Å². The number of ether oxygens (including phenoxy) is 2. The summed E-state index contributed by atoms with van der Waals surface area (Å²) in [6.45, 7) is 3.81. The Morgan fingerprint density at radius 2 is 2.15 bits per heavy atom. The van der Waals surface area contributed by atoms with Crippen LogP contribution in [0.4, 0.5) is 0 Å². The zero-order chi connectivity index (χ0) is 17.9. The van der Waals surface area contributed by atoms with Crippen LogP contribution in [0.2, 0.25) is 0 Å². The number of piperidine rings is 1. The van der Waals surface area contributed by atoms with Gasteiger partial charge in [0, 0.05) is 25.1 Å². The van der Waals surface area contributed by atoms with E-state index in [2.05, 4.69) is 17.1 Å². The number of likely N-dealkylation sites (tertiary alicyclic amines) is 1. The number of nitrogens with zero attached hydrogens (tertiary/aromatic N) is 3. The van der Waals surface area contributed by atoms with Crippen LogP contribution in [0, 0.1) is 0 Å². The van der Waals surface area contributed by atoms with E-state index >= 15 is 0 Å². The van der Waals surface area contributed by atoms with Gasteiger partial charge in [0.1, 0.15) is 0 Å². The molecule has 0 radical (unpaired) electrons. The monoisotopic (exact) mass is 357 g/mol. The van der Waals surface area contributed by atoms with Crippen LogP contribution in [0.15, 0.2) is 22.6 Å². The van der Waals surface area contributed by atoms with E-state index in [4.69, 9.17) is 13.9 Å². The van der Waals surface area contributed by atoms with Crippen molar-refractivity contribution in [3.05, 3.63) is 24.1 Å². The molecule has 1 amide bonds. The Hall–Kier alpha value is -2.57. The molecular formula is C19H23N3O4. The maximum atomic E-state index is 12.3. The number of carbonyl (C=O) groups excluding carboxylic acids is 1. The first-order valence-electron chi connectivity index (χ1n) is 9.26. The molecule has 0 aliphatic carbocycles. The zero-order valence-electron chi connectivity index (χ0n) is 14.9. The molecule has 2 aliphatic rings. The van der Waals surface area contributed by atoms with Crippen molar-refractivity contribution in [1.29, 1.82) is 0 Å². The molecule has 7 nitrogen and oxygen atoms in total. The average Bonchev–Trinajstić information content (AvgIpc) is 3.34. The first kappa shape index (κ1) is 16.9. The highest BCUT2D eigenvalue weighted by Crippen LogP contribution is 2.36. The van der Waals surface area contributed by atoms with Crippen molar-refractivity contribution >= 4 is 5.91 Å². The number of fused-ring (bicyclic) bond motifs is 1. The largest absolute Gasteiger partial charge is 0.454 e. The van der Waals surface area contributed by atoms with Crippen molar-refractivity contribution in [3.63, 3.8) is 0 Å². The van der Waals surface area contributed by atoms with E-state index in [-0.39, 0.29) is 18.6 Å². The molecule has 1 unspecified atom stereocenters. The van der Waals surface area contributed by atoms with E-state index in [0.29, 0.717) is 30.5 Å². The van der Waals surface area contributed by atoms with Crippen molar-refractivity contribution in [3.8, 4) is 23.0 Å². The van der Waals surface area contributed by atoms with Crippen LogP contribution in [0.5, 0.6) is 11.5 Å². The smallest absolute Gasteiger partial charge is 0.247 e. The average molecular weight is 357 g/mol. The lowest BCUT2D eigenvalue weighted by Gasteiger charge is -2.31. The molecule has 0 bridgehead atoms. The van der Waals surface area contributed by atoms with Gasteiger partial charge in [-0.15, -0.1) is 10.2 Å². The highest BCUT2D eigenvalue weighted by Gasteiger charge is 2.28. The Morgan fingerprint density at radius 3 is 3.04 bits per heavy atom. The number of rotatable bonds is 5. The van der Waals surface area contributed by atoms with E-state index in [1.54, 1.807) is 0 Å². The number of aromatic nitrogens is 2. The van der Waals surface area contributed by atoms with E-state index in [1.165, 1.54) is 0 Å². The quantitative estimate of drug-likeness (QED) is 0.816. The summed E-state index contributed by atoms with van der Waals surface area (Å²) in [5, 5.41) is 8.43. The molecule has 4 rings (SSSR count). The molecular weight excluding hydrogens is 334 g/mol. The summed E-state index contributed by atoms with van der Waals surface area (Å²) in [5.41, 5.74) is 0.805. The second-order valence-electron chi connectivity index (χ2n) is 6.80. The second kappa shape index (κ2) is 7.35. The summed E-state index contributed by atoms with van der Waals surface area (Å²) in [5.74, 6) is 2.81. The summed E-state index contributed by atoms with van der Waals surface area (Å²) in [6, 6.07) is 5.57. The lowest BCUT2D eigenvalue weighted by molar-refractivity contribution is -0.132. The fourth-order valence-corrected chi connectivity index (χ4v) is 3.44. The van der Waals surface area contributed by atoms with Crippen molar-refractivity contribution in [2.75, 3.05) is 19.9 Å². The maximum Gasteiger partial charge on any atom is 0.247 e. The van der Waals surface area contributed by atoms with Gasteiger partial charge < -0.3 is 18.8 Å². The predicted molar refractivity (Wildman–Crippen MR) is 93.9 cm³/mol. The Morgan fingerprint density at radius 1 is 1.27 bits per heavy atom. The van der Waals surface area contributed by atoms with E-state index in [1.807, 2.05) is 23.1 Å². The van der Waals surface area contributed by atoms with Crippen molar-refractivity contribution in [2.45, 2.75) is 44.9 Å². The van der Waals surface area contributed by atoms with Crippen molar-refractivity contribution in [1.82, 2.24) is 15.1 Å². The van der Waals surface area contributed by atoms with Gasteiger partial charge in [-0.25, -0.2) is 0 Å². The van der Waals surface area contributed by atoms with Crippen LogP contribution < -0.4 is 9.47 Å². The topological polar surface area (TPSA) is 77.7 Å². The Labute approximate surface area is 152 Å².